The SMILES string of the molecule is O=C1CCCN1N1C=CON1. The van der Waals surface area contributed by atoms with Crippen LogP contribution in [-0.4, -0.2) is 22.6 Å². The van der Waals surface area contributed by atoms with Crippen LogP contribution in [0.4, 0.5) is 0 Å². The fourth-order valence-electron chi connectivity index (χ4n) is 1.19. The molecule has 2 aliphatic heterocycles. The third kappa shape index (κ3) is 1.03. The number of rotatable bonds is 1. The minimum absolute atomic E-state index is 0.132. The van der Waals surface area contributed by atoms with Crippen LogP contribution in [0.15, 0.2) is 12.5 Å². The molecule has 0 unspecified atom stereocenters. The largest absolute Gasteiger partial charge is 0.394 e. The number of hydrogen-bond acceptors (Lipinski definition) is 4. The second-order valence-electron chi connectivity index (χ2n) is 2.46. The molecule has 1 fully saturated rings. The van der Waals surface area contributed by atoms with Crippen molar-refractivity contribution in [1.29, 1.82) is 0 Å². The molecule has 11 heavy (non-hydrogen) atoms. The van der Waals surface area contributed by atoms with Crippen LogP contribution < -0.4 is 5.59 Å². The molecule has 0 bridgehead atoms. The predicted octanol–water partition coefficient (Wildman–Crippen LogP) is -0.253. The molecule has 2 rings (SSSR count). The summed E-state index contributed by atoms with van der Waals surface area (Å²) >= 11 is 0. The second-order valence-corrected chi connectivity index (χ2v) is 2.46. The highest BCUT2D eigenvalue weighted by molar-refractivity contribution is 5.77. The van der Waals surface area contributed by atoms with Crippen molar-refractivity contribution in [2.45, 2.75) is 12.8 Å². The summed E-state index contributed by atoms with van der Waals surface area (Å²) in [6.45, 7) is 0.763. The lowest BCUT2D eigenvalue weighted by Gasteiger charge is -2.24. The maximum Gasteiger partial charge on any atom is 0.242 e. The summed E-state index contributed by atoms with van der Waals surface area (Å²) < 4.78 is 0. The van der Waals surface area contributed by atoms with Gasteiger partial charge in [-0.25, -0.2) is 5.01 Å². The van der Waals surface area contributed by atoms with Gasteiger partial charge in [-0.3, -0.25) is 4.79 Å². The van der Waals surface area contributed by atoms with Crippen LogP contribution >= 0.6 is 0 Å². The number of hydrazine groups is 2. The van der Waals surface area contributed by atoms with E-state index in [-0.39, 0.29) is 5.91 Å². The van der Waals surface area contributed by atoms with E-state index in [9.17, 15) is 4.79 Å². The topological polar surface area (TPSA) is 44.8 Å². The van der Waals surface area contributed by atoms with Gasteiger partial charge in [0.15, 0.2) is 0 Å². The number of hydrogen-bond donors (Lipinski definition) is 1. The predicted molar refractivity (Wildman–Crippen MR) is 36.1 cm³/mol. The van der Waals surface area contributed by atoms with E-state index >= 15 is 0 Å². The number of carbonyl (C=O) groups is 1. The maximum atomic E-state index is 11.1. The summed E-state index contributed by atoms with van der Waals surface area (Å²) in [5.74, 6) is 0.132. The molecule has 0 aromatic heterocycles. The summed E-state index contributed by atoms with van der Waals surface area (Å²) in [5.41, 5.74) is 2.56. The van der Waals surface area contributed by atoms with Gasteiger partial charge in [-0.2, -0.15) is 5.12 Å². The molecule has 1 N–H and O–H groups in total. The first-order valence-electron chi connectivity index (χ1n) is 3.55. The number of nitrogens with one attached hydrogen (secondary N) is 1. The van der Waals surface area contributed by atoms with Gasteiger partial charge in [-0.05, 0) is 12.0 Å². The monoisotopic (exact) mass is 155 g/mol. The highest BCUT2D eigenvalue weighted by Crippen LogP contribution is 2.13. The van der Waals surface area contributed by atoms with Gasteiger partial charge in [0.2, 0.25) is 5.91 Å². The minimum Gasteiger partial charge on any atom is -0.394 e. The second kappa shape index (κ2) is 2.43. The van der Waals surface area contributed by atoms with E-state index in [1.165, 1.54) is 6.26 Å². The molecule has 5 nitrogen and oxygen atoms in total. The molecule has 0 aromatic rings. The van der Waals surface area contributed by atoms with Crippen molar-refractivity contribution in [3.8, 4) is 0 Å². The molecule has 0 aromatic carbocycles. The Balaban J connectivity index is 2.03. The first-order valence-corrected chi connectivity index (χ1v) is 3.55. The average molecular weight is 155 g/mol. The Morgan fingerprint density at radius 2 is 2.55 bits per heavy atom. The zero-order valence-corrected chi connectivity index (χ0v) is 5.99. The average Bonchev–Trinajstić information content (AvgIpc) is 2.55. The van der Waals surface area contributed by atoms with Gasteiger partial charge in [-0.1, -0.05) is 0 Å². The van der Waals surface area contributed by atoms with E-state index in [4.69, 9.17) is 4.84 Å². The van der Waals surface area contributed by atoms with Crippen LogP contribution in [-0.2, 0) is 9.63 Å². The first-order chi connectivity index (χ1) is 5.38. The molecule has 2 heterocycles. The fraction of sp³-hybridized carbons (Fsp3) is 0.500. The normalized spacial score (nSPS) is 23.1. The van der Waals surface area contributed by atoms with Crippen molar-refractivity contribution < 1.29 is 9.63 Å². The van der Waals surface area contributed by atoms with E-state index in [2.05, 4.69) is 5.59 Å². The van der Waals surface area contributed by atoms with Crippen molar-refractivity contribution >= 4 is 5.91 Å². The van der Waals surface area contributed by atoms with Crippen molar-refractivity contribution in [2.75, 3.05) is 6.54 Å². The highest BCUT2D eigenvalue weighted by Gasteiger charge is 2.26. The molecule has 0 radical (unpaired) electrons. The summed E-state index contributed by atoms with van der Waals surface area (Å²) in [6.07, 6.45) is 4.71. The summed E-state index contributed by atoms with van der Waals surface area (Å²) in [5, 5.41) is 3.17. The quantitative estimate of drug-likeness (QED) is 0.567. The van der Waals surface area contributed by atoms with E-state index in [0.717, 1.165) is 13.0 Å². The Kier molecular flexibility index (Phi) is 1.43. The van der Waals surface area contributed by atoms with E-state index in [0.29, 0.717) is 6.42 Å². The molecule has 0 saturated carbocycles. The van der Waals surface area contributed by atoms with Crippen LogP contribution in [0.3, 0.4) is 0 Å². The van der Waals surface area contributed by atoms with E-state index in [1.807, 2.05) is 0 Å². The lowest BCUT2D eigenvalue weighted by molar-refractivity contribution is -0.153. The molecular formula is C6H9N3O2. The maximum absolute atomic E-state index is 11.1. The van der Waals surface area contributed by atoms with Gasteiger partial charge in [0.25, 0.3) is 0 Å². The van der Waals surface area contributed by atoms with Crippen LogP contribution in [0, 0.1) is 0 Å². The molecular weight excluding hydrogens is 146 g/mol. The Morgan fingerprint density at radius 3 is 3.09 bits per heavy atom. The highest BCUT2D eigenvalue weighted by atomic mass is 16.7. The fourth-order valence-corrected chi connectivity index (χ4v) is 1.19. The Hall–Kier alpha value is -1.23. The zero-order valence-electron chi connectivity index (χ0n) is 5.99. The van der Waals surface area contributed by atoms with E-state index < -0.39 is 0 Å². The van der Waals surface area contributed by atoms with Crippen molar-refractivity contribution in [3.63, 3.8) is 0 Å². The molecule has 0 spiro atoms. The van der Waals surface area contributed by atoms with Gasteiger partial charge in [0.05, 0.1) is 6.20 Å². The molecule has 1 amide bonds. The van der Waals surface area contributed by atoms with Crippen LogP contribution in [0.25, 0.3) is 0 Å². The van der Waals surface area contributed by atoms with Crippen molar-refractivity contribution in [2.24, 2.45) is 0 Å². The zero-order chi connectivity index (χ0) is 7.68. The Labute approximate surface area is 64.1 Å². The van der Waals surface area contributed by atoms with Crippen molar-refractivity contribution in [3.05, 3.63) is 12.5 Å². The summed E-state index contributed by atoms with van der Waals surface area (Å²) in [6, 6.07) is 0. The summed E-state index contributed by atoms with van der Waals surface area (Å²) in [4.78, 5) is 15.8. The first kappa shape index (κ1) is 6.48. The van der Waals surface area contributed by atoms with Gasteiger partial charge in [0.1, 0.15) is 6.26 Å². The lowest BCUT2D eigenvalue weighted by Crippen LogP contribution is -2.45. The van der Waals surface area contributed by atoms with Gasteiger partial charge >= 0.3 is 0 Å². The molecule has 0 atom stereocenters. The smallest absolute Gasteiger partial charge is 0.242 e. The number of nitrogens with zero attached hydrogens (tertiary/aromatic N) is 2. The number of carbonyl (C=O) groups excluding carboxylic acids is 1. The van der Waals surface area contributed by atoms with Gasteiger partial charge < -0.3 is 4.84 Å². The molecule has 2 aliphatic rings. The summed E-state index contributed by atoms with van der Waals surface area (Å²) in [7, 11) is 0. The third-order valence-corrected chi connectivity index (χ3v) is 1.72. The Bertz CT molecular complexity index is 204. The van der Waals surface area contributed by atoms with Crippen LogP contribution in [0.1, 0.15) is 12.8 Å². The van der Waals surface area contributed by atoms with Gasteiger partial charge in [0, 0.05) is 13.0 Å². The number of amides is 1. The molecule has 60 valence electrons. The Morgan fingerprint density at radius 1 is 1.64 bits per heavy atom. The lowest BCUT2D eigenvalue weighted by atomic mass is 10.4. The minimum atomic E-state index is 0.132. The van der Waals surface area contributed by atoms with Gasteiger partial charge in [-0.15, -0.1) is 0 Å². The molecule has 1 saturated heterocycles. The van der Waals surface area contributed by atoms with E-state index in [1.54, 1.807) is 16.3 Å². The van der Waals surface area contributed by atoms with Crippen molar-refractivity contribution in [1.82, 2.24) is 15.7 Å². The molecule has 5 heteroatoms. The third-order valence-electron chi connectivity index (χ3n) is 1.72. The van der Waals surface area contributed by atoms with Crippen LogP contribution in [0.5, 0.6) is 0 Å². The standard InChI is InChI=1S/C6H9N3O2/c10-6-2-1-3-8(6)9-4-5-11-7-9/h4-5,7H,1-3H2. The molecule has 0 aliphatic carbocycles. The van der Waals surface area contributed by atoms with Crippen LogP contribution in [0.2, 0.25) is 0 Å².